The summed E-state index contributed by atoms with van der Waals surface area (Å²) in [6, 6.07) is 6.91. The molecule has 1 aliphatic heterocycles. The summed E-state index contributed by atoms with van der Waals surface area (Å²) < 4.78 is 22.7. The molecule has 0 aromatic heterocycles. The van der Waals surface area contributed by atoms with Crippen LogP contribution in [-0.4, -0.2) is 38.9 Å². The number of nitrogens with one attached hydrogen (secondary N) is 1. The number of nitrogens with two attached hydrogens (primary N) is 1. The Balaban J connectivity index is 1.89. The first kappa shape index (κ1) is 15.5. The normalized spacial score (nSPS) is 19.6. The van der Waals surface area contributed by atoms with Crippen LogP contribution in [0.4, 0.5) is 0 Å². The highest BCUT2D eigenvalue weighted by molar-refractivity contribution is 7.91. The number of rotatable bonds is 3. The maximum Gasteiger partial charge on any atom is 0.251 e. The molecule has 1 unspecified atom stereocenters. The van der Waals surface area contributed by atoms with Gasteiger partial charge >= 0.3 is 0 Å². The van der Waals surface area contributed by atoms with Crippen LogP contribution in [0.2, 0.25) is 0 Å². The second-order valence-corrected chi connectivity index (χ2v) is 7.29. The zero-order chi connectivity index (χ0) is 15.3. The summed E-state index contributed by atoms with van der Waals surface area (Å²) in [5.41, 5.74) is 6.63. The summed E-state index contributed by atoms with van der Waals surface area (Å²) in [6.45, 7) is 0.694. The summed E-state index contributed by atoms with van der Waals surface area (Å²) in [4.78, 5) is 12.0. The molecule has 0 bridgehead atoms. The first-order chi connectivity index (χ1) is 10.00. The van der Waals surface area contributed by atoms with Crippen molar-refractivity contribution < 1.29 is 13.2 Å². The molecule has 5 nitrogen and oxygen atoms in total. The number of hydrogen-bond acceptors (Lipinski definition) is 4. The van der Waals surface area contributed by atoms with Crippen molar-refractivity contribution in [3.63, 3.8) is 0 Å². The highest BCUT2D eigenvalue weighted by atomic mass is 32.2. The summed E-state index contributed by atoms with van der Waals surface area (Å²) in [6.07, 6.45) is 0.621. The van der Waals surface area contributed by atoms with Crippen LogP contribution in [-0.2, 0) is 9.84 Å². The minimum Gasteiger partial charge on any atom is -0.352 e. The van der Waals surface area contributed by atoms with E-state index in [2.05, 4.69) is 17.2 Å². The number of benzene rings is 1. The Morgan fingerprint density at radius 1 is 1.33 bits per heavy atom. The number of carbonyl (C=O) groups excluding carboxylic acids is 1. The molecule has 21 heavy (non-hydrogen) atoms. The molecule has 112 valence electrons. The lowest BCUT2D eigenvalue weighted by atomic mass is 10.1. The zero-order valence-corrected chi connectivity index (χ0v) is 12.4. The number of amides is 1. The Morgan fingerprint density at radius 3 is 2.62 bits per heavy atom. The molecular formula is C15H18N2O3S. The van der Waals surface area contributed by atoms with Gasteiger partial charge in [-0.15, -0.1) is 0 Å². The number of hydrogen-bond donors (Lipinski definition) is 2. The molecule has 1 aliphatic rings. The maximum absolute atomic E-state index is 12.0. The molecule has 1 aromatic rings. The molecule has 0 saturated carbocycles. The Hall–Kier alpha value is -1.84. The van der Waals surface area contributed by atoms with Crippen LogP contribution in [0.3, 0.4) is 0 Å². The van der Waals surface area contributed by atoms with E-state index in [-0.39, 0.29) is 23.3 Å². The number of sulfone groups is 1. The molecule has 2 rings (SSSR count). The molecule has 1 saturated heterocycles. The molecule has 1 aromatic carbocycles. The van der Waals surface area contributed by atoms with Crippen LogP contribution in [0, 0.1) is 17.8 Å². The van der Waals surface area contributed by atoms with E-state index in [0.29, 0.717) is 25.1 Å². The van der Waals surface area contributed by atoms with Crippen LogP contribution in [0.15, 0.2) is 24.3 Å². The van der Waals surface area contributed by atoms with E-state index in [0.717, 1.165) is 5.56 Å². The van der Waals surface area contributed by atoms with Gasteiger partial charge in [0.2, 0.25) is 0 Å². The van der Waals surface area contributed by atoms with E-state index in [4.69, 9.17) is 5.73 Å². The first-order valence-corrected chi connectivity index (χ1v) is 8.60. The second kappa shape index (κ2) is 6.74. The van der Waals surface area contributed by atoms with Gasteiger partial charge < -0.3 is 11.1 Å². The lowest BCUT2D eigenvalue weighted by Gasteiger charge is -2.09. The Labute approximate surface area is 124 Å². The highest BCUT2D eigenvalue weighted by Crippen LogP contribution is 2.17. The summed E-state index contributed by atoms with van der Waals surface area (Å²) in [7, 11) is -2.90. The van der Waals surface area contributed by atoms with E-state index < -0.39 is 9.84 Å². The first-order valence-electron chi connectivity index (χ1n) is 6.78. The van der Waals surface area contributed by atoms with Crippen LogP contribution < -0.4 is 11.1 Å². The van der Waals surface area contributed by atoms with E-state index >= 15 is 0 Å². The fraction of sp³-hybridized carbons (Fsp3) is 0.400. The van der Waals surface area contributed by atoms with Crippen LogP contribution in [0.5, 0.6) is 0 Å². The van der Waals surface area contributed by atoms with Crippen molar-refractivity contribution in [3.05, 3.63) is 35.4 Å². The largest absolute Gasteiger partial charge is 0.352 e. The quantitative estimate of drug-likeness (QED) is 0.779. The second-order valence-electron chi connectivity index (χ2n) is 5.06. The van der Waals surface area contributed by atoms with E-state index in [1.54, 1.807) is 24.3 Å². The summed E-state index contributed by atoms with van der Waals surface area (Å²) >= 11 is 0. The van der Waals surface area contributed by atoms with Gasteiger partial charge in [-0.25, -0.2) is 8.42 Å². The molecule has 0 radical (unpaired) electrons. The highest BCUT2D eigenvalue weighted by Gasteiger charge is 2.27. The Bertz CT molecular complexity index is 669. The predicted molar refractivity (Wildman–Crippen MR) is 81.5 cm³/mol. The SMILES string of the molecule is NCC#Cc1ccc(C(=O)NCC2CCS(=O)(=O)C2)cc1. The van der Waals surface area contributed by atoms with E-state index in [9.17, 15) is 13.2 Å². The third-order valence-electron chi connectivity index (χ3n) is 3.36. The topological polar surface area (TPSA) is 89.3 Å². The van der Waals surface area contributed by atoms with Crippen molar-refractivity contribution in [3.8, 4) is 11.8 Å². The van der Waals surface area contributed by atoms with Crippen molar-refractivity contribution in [1.82, 2.24) is 5.32 Å². The van der Waals surface area contributed by atoms with E-state index in [1.807, 2.05) is 0 Å². The molecule has 1 fully saturated rings. The standard InChI is InChI=1S/C15H18N2O3S/c16-8-1-2-12-3-5-14(6-4-12)15(18)17-10-13-7-9-21(19,20)11-13/h3-6,13H,7-11,16H2,(H,17,18). The average Bonchev–Trinajstić information content (AvgIpc) is 2.82. The fourth-order valence-electron chi connectivity index (χ4n) is 2.23. The molecule has 1 atom stereocenters. The van der Waals surface area contributed by atoms with Gasteiger partial charge in [0.05, 0.1) is 18.1 Å². The smallest absolute Gasteiger partial charge is 0.251 e. The van der Waals surface area contributed by atoms with Gasteiger partial charge in [0.25, 0.3) is 5.91 Å². The van der Waals surface area contributed by atoms with Gasteiger partial charge in [-0.1, -0.05) is 11.8 Å². The molecule has 0 spiro atoms. The Kier molecular flexibility index (Phi) is 4.99. The van der Waals surface area contributed by atoms with Gasteiger partial charge in [0, 0.05) is 17.7 Å². The van der Waals surface area contributed by atoms with Crippen LogP contribution >= 0.6 is 0 Å². The molecule has 6 heteroatoms. The molecule has 3 N–H and O–H groups in total. The lowest BCUT2D eigenvalue weighted by molar-refractivity contribution is 0.0948. The van der Waals surface area contributed by atoms with Crippen molar-refractivity contribution in [1.29, 1.82) is 0 Å². The minimum atomic E-state index is -2.90. The van der Waals surface area contributed by atoms with Gasteiger partial charge in [0.15, 0.2) is 9.84 Å². The molecule has 1 amide bonds. The van der Waals surface area contributed by atoms with Crippen molar-refractivity contribution in [2.24, 2.45) is 11.7 Å². The summed E-state index contributed by atoms with van der Waals surface area (Å²) in [5.74, 6) is 5.84. The van der Waals surface area contributed by atoms with Crippen molar-refractivity contribution in [2.45, 2.75) is 6.42 Å². The van der Waals surface area contributed by atoms with Gasteiger partial charge in [-0.05, 0) is 36.6 Å². The average molecular weight is 306 g/mol. The van der Waals surface area contributed by atoms with E-state index in [1.165, 1.54) is 0 Å². The molecular weight excluding hydrogens is 288 g/mol. The third kappa shape index (κ3) is 4.59. The van der Waals surface area contributed by atoms with Crippen molar-refractivity contribution in [2.75, 3.05) is 24.6 Å². The Morgan fingerprint density at radius 2 is 2.05 bits per heavy atom. The number of carbonyl (C=O) groups is 1. The zero-order valence-electron chi connectivity index (χ0n) is 11.6. The molecule has 1 heterocycles. The van der Waals surface area contributed by atoms with Gasteiger partial charge in [0.1, 0.15) is 0 Å². The van der Waals surface area contributed by atoms with Crippen LogP contribution in [0.25, 0.3) is 0 Å². The summed E-state index contributed by atoms with van der Waals surface area (Å²) in [5, 5.41) is 2.78. The fourth-order valence-corrected chi connectivity index (χ4v) is 4.09. The third-order valence-corrected chi connectivity index (χ3v) is 5.20. The van der Waals surface area contributed by atoms with Gasteiger partial charge in [-0.3, -0.25) is 4.79 Å². The van der Waals surface area contributed by atoms with Crippen LogP contribution in [0.1, 0.15) is 22.3 Å². The minimum absolute atomic E-state index is 0.0219. The maximum atomic E-state index is 12.0. The van der Waals surface area contributed by atoms with Gasteiger partial charge in [-0.2, -0.15) is 0 Å². The lowest BCUT2D eigenvalue weighted by Crippen LogP contribution is -2.29. The van der Waals surface area contributed by atoms with Crippen molar-refractivity contribution >= 4 is 15.7 Å². The monoisotopic (exact) mass is 306 g/mol. The molecule has 0 aliphatic carbocycles. The predicted octanol–water partition coefficient (Wildman–Crippen LogP) is 0.161.